The van der Waals surface area contributed by atoms with E-state index in [1.54, 1.807) is 9.80 Å². The Hall–Kier alpha value is -1.97. The van der Waals surface area contributed by atoms with E-state index in [1.807, 2.05) is 13.8 Å². The summed E-state index contributed by atoms with van der Waals surface area (Å²) in [7, 11) is -3.07. The molecule has 2 aliphatic heterocycles. The molecule has 2 fully saturated rings. The Balaban J connectivity index is 1.39. The minimum absolute atomic E-state index is 0.0425. The lowest BCUT2D eigenvalue weighted by Crippen LogP contribution is -2.52. The van der Waals surface area contributed by atoms with Crippen molar-refractivity contribution in [3.8, 4) is 0 Å². The van der Waals surface area contributed by atoms with Crippen molar-refractivity contribution in [1.82, 2.24) is 19.9 Å². The minimum Gasteiger partial charge on any atom is -0.339 e. The van der Waals surface area contributed by atoms with Gasteiger partial charge in [-0.1, -0.05) is 19.0 Å². The number of hydrogen-bond acceptors (Lipinski definition) is 7. The summed E-state index contributed by atoms with van der Waals surface area (Å²) < 4.78 is 28.3. The van der Waals surface area contributed by atoms with Crippen LogP contribution >= 0.6 is 0 Å². The summed E-state index contributed by atoms with van der Waals surface area (Å²) in [5.41, 5.74) is 0. The standard InChI is InChI=1S/C18H28N4O5S/c1-13(2)17-19-15(27-20-17)4-3-5-16(23)21-7-9-22(10-8-21)18(24)14-6-11-28(25,26)12-14/h13-14H,3-12H2,1-2H3/t14-/m1/s1. The van der Waals surface area contributed by atoms with Crippen molar-refractivity contribution in [2.45, 2.75) is 45.4 Å². The number of piperazine rings is 1. The van der Waals surface area contributed by atoms with E-state index in [0.717, 1.165) is 0 Å². The van der Waals surface area contributed by atoms with Crippen LogP contribution in [0, 0.1) is 5.92 Å². The number of aromatic nitrogens is 2. The van der Waals surface area contributed by atoms with Crippen molar-refractivity contribution in [1.29, 1.82) is 0 Å². The van der Waals surface area contributed by atoms with Gasteiger partial charge in [-0.2, -0.15) is 4.98 Å². The molecule has 2 aliphatic rings. The van der Waals surface area contributed by atoms with Crippen LogP contribution in [0.2, 0.25) is 0 Å². The Bertz CT molecular complexity index is 812. The third kappa shape index (κ3) is 5.09. The van der Waals surface area contributed by atoms with Crippen molar-refractivity contribution < 1.29 is 22.5 Å². The topological polar surface area (TPSA) is 114 Å². The van der Waals surface area contributed by atoms with Crippen LogP contribution in [0.25, 0.3) is 0 Å². The molecule has 3 rings (SSSR count). The molecule has 1 aromatic heterocycles. The fraction of sp³-hybridized carbons (Fsp3) is 0.778. The molecule has 0 spiro atoms. The summed E-state index contributed by atoms with van der Waals surface area (Å²) in [6.07, 6.45) is 2.01. The maximum atomic E-state index is 12.5. The molecule has 0 radical (unpaired) electrons. The van der Waals surface area contributed by atoms with Crippen molar-refractivity contribution in [2.75, 3.05) is 37.7 Å². The minimum atomic E-state index is -3.07. The van der Waals surface area contributed by atoms with E-state index in [1.165, 1.54) is 0 Å². The number of carbonyl (C=O) groups is 2. The maximum Gasteiger partial charge on any atom is 0.226 e. The molecule has 0 saturated carbocycles. The van der Waals surface area contributed by atoms with Gasteiger partial charge in [-0.05, 0) is 12.8 Å². The number of rotatable bonds is 6. The molecule has 0 aromatic carbocycles. The molecule has 2 saturated heterocycles. The lowest BCUT2D eigenvalue weighted by molar-refractivity contribution is -0.141. The number of aryl methyl sites for hydroxylation is 1. The number of carbonyl (C=O) groups excluding carboxylic acids is 2. The second-order valence-electron chi connectivity index (χ2n) is 7.86. The number of sulfone groups is 1. The van der Waals surface area contributed by atoms with Crippen molar-refractivity contribution in [3.05, 3.63) is 11.7 Å². The van der Waals surface area contributed by atoms with Gasteiger partial charge < -0.3 is 14.3 Å². The van der Waals surface area contributed by atoms with E-state index in [0.29, 0.717) is 63.6 Å². The molecule has 0 N–H and O–H groups in total. The monoisotopic (exact) mass is 412 g/mol. The molecule has 1 atom stereocenters. The molecular weight excluding hydrogens is 384 g/mol. The Morgan fingerprint density at radius 3 is 2.43 bits per heavy atom. The molecule has 1 aromatic rings. The van der Waals surface area contributed by atoms with Crippen LogP contribution < -0.4 is 0 Å². The highest BCUT2D eigenvalue weighted by Gasteiger charge is 2.36. The van der Waals surface area contributed by atoms with Gasteiger partial charge in [0, 0.05) is 44.9 Å². The van der Waals surface area contributed by atoms with Crippen LogP contribution in [0.5, 0.6) is 0 Å². The van der Waals surface area contributed by atoms with Gasteiger partial charge in [-0.3, -0.25) is 9.59 Å². The highest BCUT2D eigenvalue weighted by molar-refractivity contribution is 7.91. The highest BCUT2D eigenvalue weighted by atomic mass is 32.2. The van der Waals surface area contributed by atoms with Crippen molar-refractivity contribution >= 4 is 21.7 Å². The van der Waals surface area contributed by atoms with Crippen molar-refractivity contribution in [3.63, 3.8) is 0 Å². The summed E-state index contributed by atoms with van der Waals surface area (Å²) in [6, 6.07) is 0. The Morgan fingerprint density at radius 1 is 1.18 bits per heavy atom. The van der Waals surface area contributed by atoms with Crippen LogP contribution in [0.3, 0.4) is 0 Å². The largest absolute Gasteiger partial charge is 0.339 e. The van der Waals surface area contributed by atoms with E-state index >= 15 is 0 Å². The Labute approximate surface area is 165 Å². The van der Waals surface area contributed by atoms with Gasteiger partial charge in [0.05, 0.1) is 17.4 Å². The second-order valence-corrected chi connectivity index (χ2v) is 10.1. The van der Waals surface area contributed by atoms with Crippen LogP contribution in [0.15, 0.2) is 4.52 Å². The SMILES string of the molecule is CC(C)c1noc(CCCC(=O)N2CCN(C(=O)[C@@H]3CCS(=O)(=O)C3)CC2)n1. The smallest absolute Gasteiger partial charge is 0.226 e. The molecule has 9 nitrogen and oxygen atoms in total. The molecule has 10 heteroatoms. The maximum absolute atomic E-state index is 12.5. The fourth-order valence-corrected chi connectivity index (χ4v) is 5.31. The third-order valence-electron chi connectivity index (χ3n) is 5.31. The predicted molar refractivity (Wildman–Crippen MR) is 101 cm³/mol. The van der Waals surface area contributed by atoms with Gasteiger partial charge in [0.25, 0.3) is 0 Å². The second kappa shape index (κ2) is 8.59. The number of nitrogens with zero attached hydrogens (tertiary/aromatic N) is 4. The summed E-state index contributed by atoms with van der Waals surface area (Å²) in [5.74, 6) is 1.04. The van der Waals surface area contributed by atoms with E-state index in [9.17, 15) is 18.0 Å². The van der Waals surface area contributed by atoms with E-state index < -0.39 is 15.8 Å². The Morgan fingerprint density at radius 2 is 1.86 bits per heavy atom. The first-order chi connectivity index (χ1) is 13.2. The zero-order valence-corrected chi connectivity index (χ0v) is 17.3. The van der Waals surface area contributed by atoms with Crippen LogP contribution in [0.1, 0.15) is 50.7 Å². The van der Waals surface area contributed by atoms with E-state index in [2.05, 4.69) is 10.1 Å². The average molecular weight is 413 g/mol. The number of amides is 2. The zero-order valence-electron chi connectivity index (χ0n) is 16.5. The van der Waals surface area contributed by atoms with Crippen molar-refractivity contribution in [2.24, 2.45) is 5.92 Å². The van der Waals surface area contributed by atoms with Gasteiger partial charge in [-0.25, -0.2) is 8.42 Å². The lowest BCUT2D eigenvalue weighted by atomic mass is 10.1. The molecule has 2 amide bonds. The third-order valence-corrected chi connectivity index (χ3v) is 7.08. The summed E-state index contributed by atoms with van der Waals surface area (Å²) in [6.45, 7) is 5.89. The Kier molecular flexibility index (Phi) is 6.36. The fourth-order valence-electron chi connectivity index (χ4n) is 3.58. The zero-order chi connectivity index (χ0) is 20.3. The summed E-state index contributed by atoms with van der Waals surface area (Å²) >= 11 is 0. The molecule has 28 heavy (non-hydrogen) atoms. The van der Waals surface area contributed by atoms with Crippen LogP contribution in [-0.4, -0.2) is 77.9 Å². The average Bonchev–Trinajstić information content (AvgIpc) is 3.27. The molecular formula is C18H28N4O5S. The number of hydrogen-bond donors (Lipinski definition) is 0. The predicted octanol–water partition coefficient (Wildman–Crippen LogP) is 0.621. The van der Waals surface area contributed by atoms with Gasteiger partial charge in [0.2, 0.25) is 17.7 Å². The van der Waals surface area contributed by atoms with Crippen LogP contribution in [0.4, 0.5) is 0 Å². The first-order valence-electron chi connectivity index (χ1n) is 9.84. The van der Waals surface area contributed by atoms with Gasteiger partial charge in [0.15, 0.2) is 15.7 Å². The normalized spacial score (nSPS) is 22.0. The van der Waals surface area contributed by atoms with Gasteiger partial charge in [0.1, 0.15) is 0 Å². The quantitative estimate of drug-likeness (QED) is 0.673. The summed E-state index contributed by atoms with van der Waals surface area (Å²) in [4.78, 5) is 32.6. The molecule has 0 aliphatic carbocycles. The molecule has 156 valence electrons. The molecule has 3 heterocycles. The van der Waals surface area contributed by atoms with E-state index in [-0.39, 0.29) is 29.2 Å². The van der Waals surface area contributed by atoms with Crippen LogP contribution in [-0.2, 0) is 25.8 Å². The molecule has 0 unspecified atom stereocenters. The summed E-state index contributed by atoms with van der Waals surface area (Å²) in [5, 5.41) is 3.91. The highest BCUT2D eigenvalue weighted by Crippen LogP contribution is 2.21. The molecule has 0 bridgehead atoms. The lowest BCUT2D eigenvalue weighted by Gasteiger charge is -2.36. The first kappa shape index (κ1) is 20.8. The van der Waals surface area contributed by atoms with Gasteiger partial charge >= 0.3 is 0 Å². The van der Waals surface area contributed by atoms with Gasteiger partial charge in [-0.15, -0.1) is 0 Å². The van der Waals surface area contributed by atoms with E-state index in [4.69, 9.17) is 4.52 Å². The first-order valence-corrected chi connectivity index (χ1v) is 11.7.